The Morgan fingerprint density at radius 2 is 2.39 bits per heavy atom. The van der Waals surface area contributed by atoms with Gasteiger partial charge >= 0.3 is 0 Å². The molecule has 1 aliphatic carbocycles. The van der Waals surface area contributed by atoms with E-state index >= 15 is 0 Å². The van der Waals surface area contributed by atoms with Crippen LogP contribution in [0.2, 0.25) is 0 Å². The smallest absolute Gasteiger partial charge is 0.223 e. The van der Waals surface area contributed by atoms with E-state index in [1.807, 2.05) is 13.1 Å². The predicted octanol–water partition coefficient (Wildman–Crippen LogP) is 1.46. The number of amides is 1. The van der Waals surface area contributed by atoms with Crippen molar-refractivity contribution < 1.29 is 4.79 Å². The van der Waals surface area contributed by atoms with Gasteiger partial charge in [-0.2, -0.15) is 0 Å². The quantitative estimate of drug-likeness (QED) is 0.870. The summed E-state index contributed by atoms with van der Waals surface area (Å²) in [6.45, 7) is 4.76. The molecule has 2 fully saturated rings. The number of aromatic nitrogens is 1. The Labute approximate surface area is 111 Å². The number of aryl methyl sites for hydroxylation is 1. The van der Waals surface area contributed by atoms with Crippen molar-refractivity contribution in [1.82, 2.24) is 15.6 Å². The van der Waals surface area contributed by atoms with E-state index < -0.39 is 0 Å². The molecular formula is C13H19N3OS. The normalized spacial score (nSPS) is 25.1. The Hall–Kier alpha value is -0.940. The van der Waals surface area contributed by atoms with E-state index in [2.05, 4.69) is 15.6 Å². The van der Waals surface area contributed by atoms with Crippen molar-refractivity contribution in [1.29, 1.82) is 0 Å². The van der Waals surface area contributed by atoms with Gasteiger partial charge in [0.1, 0.15) is 0 Å². The van der Waals surface area contributed by atoms with E-state index in [9.17, 15) is 4.79 Å². The first-order valence-electron chi connectivity index (χ1n) is 6.59. The van der Waals surface area contributed by atoms with Gasteiger partial charge in [-0.15, -0.1) is 11.3 Å². The monoisotopic (exact) mass is 265 g/mol. The molecule has 2 aliphatic rings. The van der Waals surface area contributed by atoms with Gasteiger partial charge in [0.05, 0.1) is 11.6 Å². The zero-order valence-electron chi connectivity index (χ0n) is 10.7. The summed E-state index contributed by atoms with van der Waals surface area (Å²) in [4.78, 5) is 17.4. The van der Waals surface area contributed by atoms with Gasteiger partial charge < -0.3 is 10.6 Å². The number of thiazole rings is 1. The standard InChI is InChI=1S/C13H19N3OS/c1-9-15-7-10(18-9)8-16-12(17)11-6-13(11)2-4-14-5-3-13/h7,11,14H,2-6,8H2,1H3,(H,16,17). The van der Waals surface area contributed by atoms with E-state index in [-0.39, 0.29) is 11.8 Å². The molecule has 1 saturated heterocycles. The van der Waals surface area contributed by atoms with Gasteiger partial charge in [0.15, 0.2) is 0 Å². The average Bonchev–Trinajstić information content (AvgIpc) is 2.89. The minimum Gasteiger partial charge on any atom is -0.351 e. The molecule has 1 saturated carbocycles. The summed E-state index contributed by atoms with van der Waals surface area (Å²) < 4.78 is 0. The van der Waals surface area contributed by atoms with Gasteiger partial charge in [0, 0.05) is 17.0 Å². The molecule has 1 aromatic rings. The van der Waals surface area contributed by atoms with Crippen molar-refractivity contribution in [3.8, 4) is 0 Å². The molecular weight excluding hydrogens is 246 g/mol. The number of hydrogen-bond donors (Lipinski definition) is 2. The zero-order valence-corrected chi connectivity index (χ0v) is 11.5. The molecule has 98 valence electrons. The fourth-order valence-electron chi connectivity index (χ4n) is 2.98. The van der Waals surface area contributed by atoms with Crippen LogP contribution in [0.4, 0.5) is 0 Å². The molecule has 18 heavy (non-hydrogen) atoms. The fraction of sp³-hybridized carbons (Fsp3) is 0.692. The average molecular weight is 265 g/mol. The molecule has 3 rings (SSSR count). The molecule has 4 nitrogen and oxygen atoms in total. The summed E-state index contributed by atoms with van der Waals surface area (Å²) in [7, 11) is 0. The van der Waals surface area contributed by atoms with Crippen LogP contribution in [-0.2, 0) is 11.3 Å². The van der Waals surface area contributed by atoms with E-state index in [0.29, 0.717) is 12.0 Å². The number of hydrogen-bond acceptors (Lipinski definition) is 4. The van der Waals surface area contributed by atoms with Gasteiger partial charge in [-0.05, 0) is 44.7 Å². The third kappa shape index (κ3) is 2.29. The second-order valence-corrected chi connectivity index (χ2v) is 6.75. The number of carbonyl (C=O) groups excluding carboxylic acids is 1. The van der Waals surface area contributed by atoms with Crippen LogP contribution in [0, 0.1) is 18.3 Å². The van der Waals surface area contributed by atoms with Crippen molar-refractivity contribution in [3.05, 3.63) is 16.1 Å². The van der Waals surface area contributed by atoms with E-state index in [4.69, 9.17) is 0 Å². The Bertz CT molecular complexity index is 451. The molecule has 1 spiro atoms. The van der Waals surface area contributed by atoms with Crippen LogP contribution in [0.5, 0.6) is 0 Å². The van der Waals surface area contributed by atoms with Crippen LogP contribution in [0.15, 0.2) is 6.20 Å². The van der Waals surface area contributed by atoms with Gasteiger partial charge in [-0.3, -0.25) is 4.79 Å². The maximum absolute atomic E-state index is 12.1. The Balaban J connectivity index is 1.51. The van der Waals surface area contributed by atoms with Crippen LogP contribution < -0.4 is 10.6 Å². The number of rotatable bonds is 3. The number of nitrogens with zero attached hydrogens (tertiary/aromatic N) is 1. The first-order valence-corrected chi connectivity index (χ1v) is 7.41. The van der Waals surface area contributed by atoms with Crippen molar-refractivity contribution in [2.45, 2.75) is 32.7 Å². The first kappa shape index (κ1) is 12.1. The summed E-state index contributed by atoms with van der Waals surface area (Å²) >= 11 is 1.65. The van der Waals surface area contributed by atoms with Crippen LogP contribution in [-0.4, -0.2) is 24.0 Å². The van der Waals surface area contributed by atoms with Crippen molar-refractivity contribution >= 4 is 17.2 Å². The van der Waals surface area contributed by atoms with Crippen LogP contribution in [0.1, 0.15) is 29.1 Å². The van der Waals surface area contributed by atoms with E-state index in [0.717, 1.165) is 42.2 Å². The third-order valence-electron chi connectivity index (χ3n) is 4.21. The van der Waals surface area contributed by atoms with Gasteiger partial charge in [0.25, 0.3) is 0 Å². The SMILES string of the molecule is Cc1ncc(CNC(=O)C2CC23CCNCC3)s1. The van der Waals surface area contributed by atoms with Crippen LogP contribution in [0.25, 0.3) is 0 Å². The summed E-state index contributed by atoms with van der Waals surface area (Å²) in [5.74, 6) is 0.497. The number of nitrogens with one attached hydrogen (secondary N) is 2. The van der Waals surface area contributed by atoms with Crippen molar-refractivity contribution in [2.24, 2.45) is 11.3 Å². The highest BCUT2D eigenvalue weighted by atomic mass is 32.1. The second kappa shape index (κ2) is 4.63. The summed E-state index contributed by atoms with van der Waals surface area (Å²) in [5, 5.41) is 7.48. The molecule has 0 radical (unpaired) electrons. The zero-order chi connectivity index (χ0) is 12.6. The Morgan fingerprint density at radius 1 is 1.61 bits per heavy atom. The van der Waals surface area contributed by atoms with Gasteiger partial charge in [0.2, 0.25) is 5.91 Å². The number of piperidine rings is 1. The fourth-order valence-corrected chi connectivity index (χ4v) is 3.71. The molecule has 1 aliphatic heterocycles. The highest BCUT2D eigenvalue weighted by Crippen LogP contribution is 2.58. The van der Waals surface area contributed by atoms with Gasteiger partial charge in [-0.25, -0.2) is 4.98 Å². The maximum atomic E-state index is 12.1. The lowest BCUT2D eigenvalue weighted by Crippen LogP contribution is -2.33. The lowest BCUT2D eigenvalue weighted by Gasteiger charge is -2.23. The molecule has 1 unspecified atom stereocenters. The molecule has 0 aromatic carbocycles. The summed E-state index contributed by atoms with van der Waals surface area (Å²) in [6, 6.07) is 0. The largest absolute Gasteiger partial charge is 0.351 e. The minimum atomic E-state index is 0.239. The lowest BCUT2D eigenvalue weighted by atomic mass is 9.92. The lowest BCUT2D eigenvalue weighted by molar-refractivity contribution is -0.123. The minimum absolute atomic E-state index is 0.239. The maximum Gasteiger partial charge on any atom is 0.223 e. The first-order chi connectivity index (χ1) is 8.70. The van der Waals surface area contributed by atoms with E-state index in [1.54, 1.807) is 11.3 Å². The molecule has 0 bridgehead atoms. The van der Waals surface area contributed by atoms with Crippen molar-refractivity contribution in [3.63, 3.8) is 0 Å². The highest BCUT2D eigenvalue weighted by Gasteiger charge is 2.57. The summed E-state index contributed by atoms with van der Waals surface area (Å²) in [6.07, 6.45) is 5.26. The summed E-state index contributed by atoms with van der Waals surface area (Å²) in [5.41, 5.74) is 0.332. The van der Waals surface area contributed by atoms with Crippen LogP contribution in [0.3, 0.4) is 0 Å². The van der Waals surface area contributed by atoms with Gasteiger partial charge in [-0.1, -0.05) is 0 Å². The third-order valence-corrected chi connectivity index (χ3v) is 5.12. The molecule has 1 atom stereocenters. The second-order valence-electron chi connectivity index (χ2n) is 5.43. The predicted molar refractivity (Wildman–Crippen MR) is 71.3 cm³/mol. The Morgan fingerprint density at radius 3 is 3.06 bits per heavy atom. The molecule has 2 heterocycles. The van der Waals surface area contributed by atoms with E-state index in [1.165, 1.54) is 0 Å². The highest BCUT2D eigenvalue weighted by molar-refractivity contribution is 7.11. The topological polar surface area (TPSA) is 54.0 Å². The molecule has 1 aromatic heterocycles. The van der Waals surface area contributed by atoms with Crippen molar-refractivity contribution in [2.75, 3.05) is 13.1 Å². The molecule has 2 N–H and O–H groups in total. The molecule has 5 heteroatoms. The Kier molecular flexibility index (Phi) is 3.11. The number of carbonyl (C=O) groups is 1. The van der Waals surface area contributed by atoms with Crippen LogP contribution >= 0.6 is 11.3 Å². The molecule has 1 amide bonds.